The van der Waals surface area contributed by atoms with Gasteiger partial charge in [-0.2, -0.15) is 5.26 Å². The van der Waals surface area contributed by atoms with Gasteiger partial charge in [-0.3, -0.25) is 9.78 Å². The van der Waals surface area contributed by atoms with Crippen LogP contribution in [0.25, 0.3) is 10.9 Å². The zero-order valence-electron chi connectivity index (χ0n) is 10.4. The SMILES string of the molecule is N#CC1CCCN1C(=O)c1ccc2ncccc2c1. The number of aromatic nitrogens is 1. The van der Waals surface area contributed by atoms with Crippen LogP contribution < -0.4 is 0 Å². The summed E-state index contributed by atoms with van der Waals surface area (Å²) in [6.45, 7) is 0.669. The second-order valence-corrected chi connectivity index (χ2v) is 4.70. The summed E-state index contributed by atoms with van der Waals surface area (Å²) < 4.78 is 0. The molecule has 19 heavy (non-hydrogen) atoms. The Morgan fingerprint density at radius 2 is 2.32 bits per heavy atom. The number of benzene rings is 1. The monoisotopic (exact) mass is 251 g/mol. The molecule has 3 rings (SSSR count). The topological polar surface area (TPSA) is 57.0 Å². The predicted octanol–water partition coefficient (Wildman–Crippen LogP) is 2.36. The molecular formula is C15H13N3O. The number of hydrogen-bond acceptors (Lipinski definition) is 3. The lowest BCUT2D eigenvalue weighted by molar-refractivity contribution is 0.0765. The summed E-state index contributed by atoms with van der Waals surface area (Å²) >= 11 is 0. The highest BCUT2D eigenvalue weighted by molar-refractivity contribution is 5.98. The Kier molecular flexibility index (Phi) is 2.88. The van der Waals surface area contributed by atoms with E-state index in [1.165, 1.54) is 0 Å². The molecule has 1 aromatic carbocycles. The van der Waals surface area contributed by atoms with Gasteiger partial charge in [-0.05, 0) is 37.1 Å². The van der Waals surface area contributed by atoms with Gasteiger partial charge in [0.15, 0.2) is 0 Å². The minimum atomic E-state index is -0.280. The molecule has 0 spiro atoms. The number of fused-ring (bicyclic) bond motifs is 1. The van der Waals surface area contributed by atoms with Crippen LogP contribution in [0.1, 0.15) is 23.2 Å². The number of nitriles is 1. The molecular weight excluding hydrogens is 238 g/mol. The second-order valence-electron chi connectivity index (χ2n) is 4.70. The van der Waals surface area contributed by atoms with Crippen LogP contribution in [0.5, 0.6) is 0 Å². The van der Waals surface area contributed by atoms with Crippen LogP contribution in [0.3, 0.4) is 0 Å². The molecule has 4 heteroatoms. The number of rotatable bonds is 1. The number of likely N-dealkylation sites (tertiary alicyclic amines) is 1. The van der Waals surface area contributed by atoms with Gasteiger partial charge < -0.3 is 4.90 Å². The Hall–Kier alpha value is -2.41. The first-order chi connectivity index (χ1) is 9.29. The van der Waals surface area contributed by atoms with E-state index >= 15 is 0 Å². The molecule has 1 amide bonds. The van der Waals surface area contributed by atoms with Gasteiger partial charge in [0.05, 0.1) is 11.6 Å². The molecule has 4 nitrogen and oxygen atoms in total. The number of pyridine rings is 1. The zero-order valence-corrected chi connectivity index (χ0v) is 10.4. The molecule has 0 radical (unpaired) electrons. The highest BCUT2D eigenvalue weighted by Gasteiger charge is 2.29. The van der Waals surface area contributed by atoms with Crippen molar-refractivity contribution in [1.29, 1.82) is 5.26 Å². The molecule has 1 atom stereocenters. The molecule has 0 aliphatic carbocycles. The number of carbonyl (C=O) groups is 1. The van der Waals surface area contributed by atoms with E-state index in [2.05, 4.69) is 11.1 Å². The fraction of sp³-hybridized carbons (Fsp3) is 0.267. The van der Waals surface area contributed by atoms with E-state index in [4.69, 9.17) is 5.26 Å². The maximum absolute atomic E-state index is 12.4. The van der Waals surface area contributed by atoms with Crippen LogP contribution in [0.15, 0.2) is 36.5 Å². The smallest absolute Gasteiger partial charge is 0.254 e. The van der Waals surface area contributed by atoms with Crippen LogP contribution in [-0.2, 0) is 0 Å². The molecule has 1 aromatic heterocycles. The molecule has 1 saturated heterocycles. The predicted molar refractivity (Wildman–Crippen MR) is 71.4 cm³/mol. The molecule has 0 bridgehead atoms. The van der Waals surface area contributed by atoms with Crippen molar-refractivity contribution in [3.05, 3.63) is 42.1 Å². The van der Waals surface area contributed by atoms with Gasteiger partial charge >= 0.3 is 0 Å². The Balaban J connectivity index is 1.96. The molecule has 1 aliphatic heterocycles. The van der Waals surface area contributed by atoms with Gasteiger partial charge in [-0.1, -0.05) is 6.07 Å². The van der Waals surface area contributed by atoms with Gasteiger partial charge in [0.25, 0.3) is 5.91 Å². The van der Waals surface area contributed by atoms with Gasteiger partial charge in [-0.15, -0.1) is 0 Å². The van der Waals surface area contributed by atoms with Crippen molar-refractivity contribution in [2.45, 2.75) is 18.9 Å². The molecule has 1 unspecified atom stereocenters. The van der Waals surface area contributed by atoms with Crippen molar-refractivity contribution in [2.24, 2.45) is 0 Å². The number of amides is 1. The molecule has 0 saturated carbocycles. The molecule has 2 aromatic rings. The fourth-order valence-electron chi connectivity index (χ4n) is 2.52. The molecule has 94 valence electrons. The third-order valence-electron chi connectivity index (χ3n) is 3.51. The van der Waals surface area contributed by atoms with Crippen molar-refractivity contribution in [3.8, 4) is 6.07 Å². The van der Waals surface area contributed by atoms with Crippen molar-refractivity contribution >= 4 is 16.8 Å². The lowest BCUT2D eigenvalue weighted by Crippen LogP contribution is -2.34. The number of hydrogen-bond donors (Lipinski definition) is 0. The second kappa shape index (κ2) is 4.69. The van der Waals surface area contributed by atoms with Crippen LogP contribution >= 0.6 is 0 Å². The first-order valence-electron chi connectivity index (χ1n) is 6.35. The summed E-state index contributed by atoms with van der Waals surface area (Å²) in [5, 5.41) is 10.00. The summed E-state index contributed by atoms with van der Waals surface area (Å²) in [5.41, 5.74) is 1.50. The third kappa shape index (κ3) is 2.04. The first-order valence-corrected chi connectivity index (χ1v) is 6.35. The van der Waals surface area contributed by atoms with Gasteiger partial charge in [0, 0.05) is 23.7 Å². The van der Waals surface area contributed by atoms with Crippen LogP contribution in [0.4, 0.5) is 0 Å². The van der Waals surface area contributed by atoms with Crippen LogP contribution in [0, 0.1) is 11.3 Å². The van der Waals surface area contributed by atoms with Gasteiger partial charge in [0.1, 0.15) is 6.04 Å². The molecule has 1 fully saturated rings. The van der Waals surface area contributed by atoms with Gasteiger partial charge in [0.2, 0.25) is 0 Å². The fourth-order valence-corrected chi connectivity index (χ4v) is 2.52. The van der Waals surface area contributed by atoms with Crippen molar-refractivity contribution in [2.75, 3.05) is 6.54 Å². The summed E-state index contributed by atoms with van der Waals surface area (Å²) in [6, 6.07) is 11.2. The summed E-state index contributed by atoms with van der Waals surface area (Å²) in [7, 11) is 0. The van der Waals surface area contributed by atoms with E-state index in [1.807, 2.05) is 24.3 Å². The Labute approximate surface area is 111 Å². The highest BCUT2D eigenvalue weighted by atomic mass is 16.2. The maximum Gasteiger partial charge on any atom is 0.254 e. The number of carbonyl (C=O) groups excluding carboxylic acids is 1. The number of nitrogens with zero attached hydrogens (tertiary/aromatic N) is 3. The Morgan fingerprint density at radius 1 is 1.42 bits per heavy atom. The van der Waals surface area contributed by atoms with Gasteiger partial charge in [-0.25, -0.2) is 0 Å². The lowest BCUT2D eigenvalue weighted by atomic mass is 10.1. The van der Waals surface area contributed by atoms with Crippen LogP contribution in [0.2, 0.25) is 0 Å². The van der Waals surface area contributed by atoms with E-state index in [0.29, 0.717) is 12.1 Å². The standard InChI is InChI=1S/C15H13N3O/c16-10-13-4-2-8-18(13)15(19)12-5-6-14-11(9-12)3-1-7-17-14/h1,3,5-7,9,13H,2,4,8H2. The average molecular weight is 251 g/mol. The van der Waals surface area contributed by atoms with E-state index in [0.717, 1.165) is 23.7 Å². The third-order valence-corrected chi connectivity index (χ3v) is 3.51. The minimum Gasteiger partial charge on any atom is -0.323 e. The minimum absolute atomic E-state index is 0.0604. The summed E-state index contributed by atoms with van der Waals surface area (Å²) in [4.78, 5) is 18.3. The Bertz CT molecular complexity index is 674. The summed E-state index contributed by atoms with van der Waals surface area (Å²) in [6.07, 6.45) is 3.41. The molecule has 0 N–H and O–H groups in total. The zero-order chi connectivity index (χ0) is 13.2. The first kappa shape index (κ1) is 11.7. The van der Waals surface area contributed by atoms with E-state index in [1.54, 1.807) is 17.2 Å². The van der Waals surface area contributed by atoms with Crippen molar-refractivity contribution < 1.29 is 4.79 Å². The largest absolute Gasteiger partial charge is 0.323 e. The molecule has 1 aliphatic rings. The summed E-state index contributed by atoms with van der Waals surface area (Å²) in [5.74, 6) is -0.0604. The Morgan fingerprint density at radius 3 is 3.16 bits per heavy atom. The van der Waals surface area contributed by atoms with E-state index in [-0.39, 0.29) is 11.9 Å². The normalized spacial score (nSPS) is 18.5. The molecule has 2 heterocycles. The average Bonchev–Trinajstić information content (AvgIpc) is 2.94. The lowest BCUT2D eigenvalue weighted by Gasteiger charge is -2.19. The van der Waals surface area contributed by atoms with Crippen molar-refractivity contribution in [1.82, 2.24) is 9.88 Å². The quantitative estimate of drug-likeness (QED) is 0.781. The maximum atomic E-state index is 12.4. The van der Waals surface area contributed by atoms with E-state index < -0.39 is 0 Å². The van der Waals surface area contributed by atoms with Crippen molar-refractivity contribution in [3.63, 3.8) is 0 Å². The van der Waals surface area contributed by atoms with Crippen LogP contribution in [-0.4, -0.2) is 28.4 Å². The highest BCUT2D eigenvalue weighted by Crippen LogP contribution is 2.21. The van der Waals surface area contributed by atoms with E-state index in [9.17, 15) is 4.79 Å².